The van der Waals surface area contributed by atoms with Gasteiger partial charge in [0, 0.05) is 24.2 Å². The van der Waals surface area contributed by atoms with Gasteiger partial charge in [0.05, 0.1) is 13.2 Å². The maximum absolute atomic E-state index is 6.50. The Morgan fingerprint density at radius 2 is 1.18 bits per heavy atom. The third-order valence-corrected chi connectivity index (χ3v) is 9.21. The molecular weight excluding hydrogens is 536 g/mol. The van der Waals surface area contributed by atoms with Crippen molar-refractivity contribution >= 4 is 22.4 Å². The molecule has 0 N–H and O–H groups in total. The van der Waals surface area contributed by atoms with E-state index in [0.717, 1.165) is 22.4 Å². The molecule has 0 saturated heterocycles. The van der Waals surface area contributed by atoms with Crippen molar-refractivity contribution in [2.24, 2.45) is 0 Å². The van der Waals surface area contributed by atoms with Crippen LogP contribution in [0.3, 0.4) is 0 Å². The fourth-order valence-electron chi connectivity index (χ4n) is 6.75. The monoisotopic (exact) mass is 580 g/mol. The molecule has 44 heavy (non-hydrogen) atoms. The van der Waals surface area contributed by atoms with E-state index in [1.807, 2.05) is 7.11 Å². The summed E-state index contributed by atoms with van der Waals surface area (Å²) in [5.74, 6) is 0.825. The van der Waals surface area contributed by atoms with Gasteiger partial charge in [0.15, 0.2) is 0 Å². The third kappa shape index (κ3) is 5.37. The summed E-state index contributed by atoms with van der Waals surface area (Å²) in [6.45, 7) is 13.5. The van der Waals surface area contributed by atoms with Crippen LogP contribution in [0.4, 0.5) is 0 Å². The molecule has 5 aromatic carbocycles. The molecule has 0 fully saturated rings. The normalized spacial score (nSPS) is 16.9. The van der Waals surface area contributed by atoms with Crippen LogP contribution in [-0.2, 0) is 15.6 Å². The van der Waals surface area contributed by atoms with Crippen LogP contribution in [0, 0.1) is 0 Å². The van der Waals surface area contributed by atoms with E-state index in [-0.39, 0.29) is 22.9 Å². The van der Waals surface area contributed by atoms with E-state index in [2.05, 4.69) is 151 Å². The molecule has 2 heteroatoms. The van der Waals surface area contributed by atoms with E-state index in [4.69, 9.17) is 9.47 Å². The number of hydrogen-bond acceptors (Lipinski definition) is 2. The van der Waals surface area contributed by atoms with Gasteiger partial charge in [-0.05, 0) is 72.7 Å². The van der Waals surface area contributed by atoms with Gasteiger partial charge in [0.25, 0.3) is 0 Å². The van der Waals surface area contributed by atoms with Gasteiger partial charge in [-0.3, -0.25) is 0 Å². The second kappa shape index (κ2) is 11.4. The summed E-state index contributed by atoms with van der Waals surface area (Å²) >= 11 is 0. The summed E-state index contributed by atoms with van der Waals surface area (Å²) in [6, 6.07) is 37.7. The third-order valence-electron chi connectivity index (χ3n) is 9.21. The number of benzene rings is 5. The topological polar surface area (TPSA) is 18.5 Å². The molecule has 1 aliphatic rings. The quantitative estimate of drug-likeness (QED) is 0.206. The standard InChI is InChI=1S/C42H44O2/c1-41(2,3)31-21-17-27(18-22-31)35-25-29-13-9-11-15-33(29)37(39(35)43-7)38-34-16-12-10-14-30(34)26-36(40(38)44-8)28-19-23-32(24-20-28)42(4,5)6/h9-26,37,39H,1-8H3/t37-,39?/m1/s1. The molecule has 0 spiro atoms. The van der Waals surface area contributed by atoms with Gasteiger partial charge in [0.1, 0.15) is 5.75 Å². The highest BCUT2D eigenvalue weighted by Crippen LogP contribution is 2.51. The predicted octanol–water partition coefficient (Wildman–Crippen LogP) is 10.8. The van der Waals surface area contributed by atoms with Crippen LogP contribution in [0.1, 0.15) is 80.8 Å². The van der Waals surface area contributed by atoms with Crippen molar-refractivity contribution in [1.82, 2.24) is 0 Å². The van der Waals surface area contributed by atoms with Gasteiger partial charge in [0.2, 0.25) is 0 Å². The molecule has 224 valence electrons. The minimum Gasteiger partial charge on any atom is -0.496 e. The van der Waals surface area contributed by atoms with Crippen LogP contribution in [0.15, 0.2) is 103 Å². The molecule has 1 aliphatic carbocycles. The highest BCUT2D eigenvalue weighted by molar-refractivity contribution is 5.97. The van der Waals surface area contributed by atoms with E-state index in [1.54, 1.807) is 7.11 Å². The molecule has 0 aromatic heterocycles. The maximum Gasteiger partial charge on any atom is 0.131 e. The number of methoxy groups -OCH3 is 2. The van der Waals surface area contributed by atoms with Crippen molar-refractivity contribution in [2.75, 3.05) is 14.2 Å². The molecule has 0 heterocycles. The lowest BCUT2D eigenvalue weighted by Crippen LogP contribution is -2.28. The molecule has 0 aliphatic heterocycles. The molecule has 0 amide bonds. The second-order valence-corrected chi connectivity index (χ2v) is 14.1. The van der Waals surface area contributed by atoms with Crippen molar-refractivity contribution in [3.05, 3.63) is 137 Å². The van der Waals surface area contributed by atoms with Gasteiger partial charge in [-0.1, -0.05) is 139 Å². The van der Waals surface area contributed by atoms with Gasteiger partial charge >= 0.3 is 0 Å². The summed E-state index contributed by atoms with van der Waals surface area (Å²) in [5, 5.41) is 2.38. The summed E-state index contributed by atoms with van der Waals surface area (Å²) in [7, 11) is 3.64. The fraction of sp³-hybridized carbons (Fsp3) is 0.286. The average Bonchev–Trinajstić information content (AvgIpc) is 3.02. The first-order valence-corrected chi connectivity index (χ1v) is 15.7. The van der Waals surface area contributed by atoms with E-state index >= 15 is 0 Å². The lowest BCUT2D eigenvalue weighted by atomic mass is 9.73. The maximum atomic E-state index is 6.50. The zero-order valence-corrected chi connectivity index (χ0v) is 27.4. The van der Waals surface area contributed by atoms with Gasteiger partial charge in [-0.15, -0.1) is 0 Å². The SMILES string of the molecule is COc1c(-c2ccc(C(C)(C)C)cc2)cc2ccccc2c1[C@H]1c2ccccc2C=C(c2ccc(C(C)(C)C)cc2)C1OC. The molecule has 0 bridgehead atoms. The number of ether oxygens (including phenoxy) is 2. The molecule has 5 aromatic rings. The Morgan fingerprint density at radius 3 is 1.77 bits per heavy atom. The Balaban J connectivity index is 1.60. The Hall–Kier alpha value is -4.14. The lowest BCUT2D eigenvalue weighted by molar-refractivity contribution is 0.134. The molecule has 0 radical (unpaired) electrons. The fourth-order valence-corrected chi connectivity index (χ4v) is 6.75. The van der Waals surface area contributed by atoms with Crippen LogP contribution < -0.4 is 4.74 Å². The Labute approximate surface area is 263 Å². The average molecular weight is 581 g/mol. The van der Waals surface area contributed by atoms with Crippen LogP contribution in [-0.4, -0.2) is 20.3 Å². The van der Waals surface area contributed by atoms with Crippen molar-refractivity contribution in [2.45, 2.75) is 64.4 Å². The minimum atomic E-state index is -0.207. The number of rotatable bonds is 5. The first-order chi connectivity index (χ1) is 21.0. The summed E-state index contributed by atoms with van der Waals surface area (Å²) in [5.41, 5.74) is 11.0. The highest BCUT2D eigenvalue weighted by atomic mass is 16.5. The summed E-state index contributed by atoms with van der Waals surface area (Å²) in [4.78, 5) is 0. The predicted molar refractivity (Wildman–Crippen MR) is 187 cm³/mol. The molecule has 0 saturated carbocycles. The van der Waals surface area contributed by atoms with E-state index < -0.39 is 0 Å². The Morgan fingerprint density at radius 1 is 0.614 bits per heavy atom. The molecule has 1 unspecified atom stereocenters. The summed E-state index contributed by atoms with van der Waals surface area (Å²) < 4.78 is 12.9. The Bertz CT molecular complexity index is 1830. The smallest absolute Gasteiger partial charge is 0.131 e. The van der Waals surface area contributed by atoms with Crippen LogP contribution in [0.5, 0.6) is 5.75 Å². The van der Waals surface area contributed by atoms with Crippen molar-refractivity contribution in [3.8, 4) is 16.9 Å². The number of fused-ring (bicyclic) bond motifs is 2. The van der Waals surface area contributed by atoms with E-state index in [9.17, 15) is 0 Å². The van der Waals surface area contributed by atoms with Crippen LogP contribution in [0.25, 0.3) is 33.5 Å². The van der Waals surface area contributed by atoms with Gasteiger partial charge in [-0.25, -0.2) is 0 Å². The lowest BCUT2D eigenvalue weighted by Gasteiger charge is -2.36. The van der Waals surface area contributed by atoms with Gasteiger partial charge < -0.3 is 9.47 Å². The summed E-state index contributed by atoms with van der Waals surface area (Å²) in [6.07, 6.45) is 2.11. The second-order valence-electron chi connectivity index (χ2n) is 14.1. The Kier molecular flexibility index (Phi) is 7.76. The largest absolute Gasteiger partial charge is 0.496 e. The van der Waals surface area contributed by atoms with Gasteiger partial charge in [-0.2, -0.15) is 0 Å². The highest BCUT2D eigenvalue weighted by Gasteiger charge is 2.37. The van der Waals surface area contributed by atoms with Crippen molar-refractivity contribution < 1.29 is 9.47 Å². The molecule has 2 atom stereocenters. The minimum absolute atomic E-state index is 0.0767. The zero-order chi connectivity index (χ0) is 31.2. The van der Waals surface area contributed by atoms with Crippen molar-refractivity contribution in [1.29, 1.82) is 0 Å². The zero-order valence-electron chi connectivity index (χ0n) is 27.4. The van der Waals surface area contributed by atoms with Crippen LogP contribution in [0.2, 0.25) is 0 Å². The first kappa shape index (κ1) is 29.9. The van der Waals surface area contributed by atoms with E-state index in [0.29, 0.717) is 0 Å². The molecule has 2 nitrogen and oxygen atoms in total. The molecular formula is C42H44O2. The molecule has 6 rings (SSSR count). The van der Waals surface area contributed by atoms with Crippen LogP contribution >= 0.6 is 0 Å². The number of hydrogen-bond donors (Lipinski definition) is 0. The van der Waals surface area contributed by atoms with E-state index in [1.165, 1.54) is 44.2 Å². The first-order valence-electron chi connectivity index (χ1n) is 15.7. The van der Waals surface area contributed by atoms with Crippen molar-refractivity contribution in [3.63, 3.8) is 0 Å².